The van der Waals surface area contributed by atoms with Crippen LogP contribution in [0, 0.1) is 5.92 Å². The lowest BCUT2D eigenvalue weighted by Gasteiger charge is -2.42. The van der Waals surface area contributed by atoms with Gasteiger partial charge in [-0.1, -0.05) is 6.07 Å². The van der Waals surface area contributed by atoms with Gasteiger partial charge in [0.15, 0.2) is 0 Å². The molecule has 4 rings (SSSR count). The van der Waals surface area contributed by atoms with Gasteiger partial charge in [-0.25, -0.2) is 13.2 Å². The Morgan fingerprint density at radius 3 is 2.47 bits per heavy atom. The first-order valence-corrected chi connectivity index (χ1v) is 14.4. The quantitative estimate of drug-likeness (QED) is 0.576. The molecule has 2 aliphatic rings. The van der Waals surface area contributed by atoms with Crippen molar-refractivity contribution in [1.29, 1.82) is 0 Å². The van der Waals surface area contributed by atoms with E-state index in [1.807, 2.05) is 0 Å². The van der Waals surface area contributed by atoms with E-state index in [0.29, 0.717) is 34.0 Å². The molecule has 11 heteroatoms. The van der Waals surface area contributed by atoms with E-state index in [1.54, 1.807) is 17.5 Å². The first kappa shape index (κ1) is 25.3. The Balaban J connectivity index is 1.53. The zero-order valence-corrected chi connectivity index (χ0v) is 22.5. The predicted molar refractivity (Wildman–Crippen MR) is 134 cm³/mol. The van der Waals surface area contributed by atoms with E-state index in [1.165, 1.54) is 34.1 Å². The lowest BCUT2D eigenvalue weighted by Crippen LogP contribution is -2.55. The number of ether oxygens (including phenoxy) is 1. The Morgan fingerprint density at radius 2 is 1.88 bits per heavy atom. The number of thiophene rings is 2. The molecule has 0 spiro atoms. The Labute approximate surface area is 208 Å². The molecule has 1 saturated heterocycles. The number of hydrogen-bond donors (Lipinski definition) is 2. The van der Waals surface area contributed by atoms with Gasteiger partial charge in [0.05, 0.1) is 12.7 Å². The molecular weight excluding hydrogens is 494 g/mol. The van der Waals surface area contributed by atoms with Crippen LogP contribution in [0.3, 0.4) is 0 Å². The number of nitrogens with one attached hydrogen (secondary N) is 2. The standard InChI is InChI=1S/C23H31N3O5S3/c1-22(2)13-15-17(21(28)31-5)20(33-18(15)23(3,4)25-22)24-19(27)14-8-10-26(11-9-14)34(29,30)16-7-6-12-32-16/h6-7,12,14,25H,8-11,13H2,1-5H3,(H,24,27). The Morgan fingerprint density at radius 1 is 1.21 bits per heavy atom. The van der Waals surface area contributed by atoms with Crippen LogP contribution in [0.4, 0.5) is 5.00 Å². The number of methoxy groups -OCH3 is 1. The SMILES string of the molecule is COC(=O)c1c(NC(=O)C2CCN(S(=O)(=O)c3cccs3)CC2)sc2c1CC(C)(C)NC2(C)C. The third-order valence-electron chi connectivity index (χ3n) is 6.38. The van der Waals surface area contributed by atoms with Crippen molar-refractivity contribution in [3.8, 4) is 0 Å². The van der Waals surface area contributed by atoms with E-state index in [2.05, 4.69) is 38.3 Å². The Bertz CT molecular complexity index is 1190. The van der Waals surface area contributed by atoms with Crippen LogP contribution in [0.25, 0.3) is 0 Å². The van der Waals surface area contributed by atoms with E-state index in [-0.39, 0.29) is 36.0 Å². The molecular formula is C23H31N3O5S3. The van der Waals surface area contributed by atoms with Crippen molar-refractivity contribution in [2.45, 2.75) is 62.2 Å². The summed E-state index contributed by atoms with van der Waals surface area (Å²) in [5.41, 5.74) is 0.756. The highest BCUT2D eigenvalue weighted by Crippen LogP contribution is 2.45. The van der Waals surface area contributed by atoms with Crippen molar-refractivity contribution in [1.82, 2.24) is 9.62 Å². The third kappa shape index (κ3) is 4.68. The number of esters is 1. The van der Waals surface area contributed by atoms with Crippen molar-refractivity contribution in [2.75, 3.05) is 25.5 Å². The number of hydrogen-bond acceptors (Lipinski definition) is 8. The molecule has 0 radical (unpaired) electrons. The van der Waals surface area contributed by atoms with Gasteiger partial charge in [0, 0.05) is 35.0 Å². The number of nitrogens with zero attached hydrogens (tertiary/aromatic N) is 1. The van der Waals surface area contributed by atoms with Gasteiger partial charge in [-0.2, -0.15) is 4.31 Å². The fourth-order valence-corrected chi connectivity index (χ4v) is 8.93. The second-order valence-electron chi connectivity index (χ2n) is 10.0. The molecule has 8 nitrogen and oxygen atoms in total. The van der Waals surface area contributed by atoms with Crippen molar-refractivity contribution in [3.63, 3.8) is 0 Å². The summed E-state index contributed by atoms with van der Waals surface area (Å²) in [6.45, 7) is 8.89. The summed E-state index contributed by atoms with van der Waals surface area (Å²) >= 11 is 2.60. The number of rotatable bonds is 5. The molecule has 34 heavy (non-hydrogen) atoms. The number of anilines is 1. The lowest BCUT2D eigenvalue weighted by atomic mass is 9.81. The lowest BCUT2D eigenvalue weighted by molar-refractivity contribution is -0.120. The molecule has 0 atom stereocenters. The second-order valence-corrected chi connectivity index (χ2v) is 14.1. The number of amides is 1. The molecule has 0 bridgehead atoms. The van der Waals surface area contributed by atoms with E-state index >= 15 is 0 Å². The molecule has 0 unspecified atom stereocenters. The van der Waals surface area contributed by atoms with Crippen LogP contribution in [-0.4, -0.2) is 50.3 Å². The van der Waals surface area contributed by atoms with Crippen LogP contribution in [-0.2, 0) is 31.5 Å². The second kappa shape index (κ2) is 9.02. The minimum Gasteiger partial charge on any atom is -0.465 e. The maximum Gasteiger partial charge on any atom is 0.341 e. The molecule has 0 aliphatic carbocycles. The summed E-state index contributed by atoms with van der Waals surface area (Å²) in [5.74, 6) is -0.984. The first-order valence-electron chi connectivity index (χ1n) is 11.2. The van der Waals surface area contributed by atoms with E-state index in [0.717, 1.165) is 10.4 Å². The van der Waals surface area contributed by atoms with Gasteiger partial charge in [-0.3, -0.25) is 4.79 Å². The predicted octanol–water partition coefficient (Wildman–Crippen LogP) is 3.80. The average molecular weight is 526 g/mol. The van der Waals surface area contributed by atoms with Gasteiger partial charge in [-0.15, -0.1) is 22.7 Å². The Hall–Kier alpha value is -1.79. The largest absolute Gasteiger partial charge is 0.465 e. The molecule has 2 aromatic heterocycles. The van der Waals surface area contributed by atoms with Crippen LogP contribution < -0.4 is 10.6 Å². The summed E-state index contributed by atoms with van der Waals surface area (Å²) in [5, 5.41) is 8.84. The van der Waals surface area contributed by atoms with E-state index in [9.17, 15) is 18.0 Å². The van der Waals surface area contributed by atoms with Crippen LogP contribution in [0.5, 0.6) is 0 Å². The zero-order chi connectivity index (χ0) is 24.9. The molecule has 0 aromatic carbocycles. The smallest absolute Gasteiger partial charge is 0.341 e. The average Bonchev–Trinajstić information content (AvgIpc) is 3.41. The van der Waals surface area contributed by atoms with Gasteiger partial charge < -0.3 is 15.4 Å². The Kier molecular flexibility index (Phi) is 6.71. The molecule has 2 aliphatic heterocycles. The van der Waals surface area contributed by atoms with Crippen molar-refractivity contribution in [2.24, 2.45) is 5.92 Å². The van der Waals surface area contributed by atoms with E-state index < -0.39 is 16.0 Å². The zero-order valence-electron chi connectivity index (χ0n) is 20.1. The van der Waals surface area contributed by atoms with Gasteiger partial charge >= 0.3 is 5.97 Å². The number of carbonyl (C=O) groups is 2. The first-order chi connectivity index (χ1) is 15.9. The summed E-state index contributed by atoms with van der Waals surface area (Å²) in [4.78, 5) is 26.9. The van der Waals surface area contributed by atoms with Crippen molar-refractivity contribution >= 4 is 49.6 Å². The number of piperidine rings is 1. The highest BCUT2D eigenvalue weighted by Gasteiger charge is 2.42. The van der Waals surface area contributed by atoms with Gasteiger partial charge in [-0.05, 0) is 64.0 Å². The number of sulfonamides is 1. The normalized spacial score (nSPS) is 20.5. The molecule has 186 valence electrons. The van der Waals surface area contributed by atoms with Crippen LogP contribution in [0.15, 0.2) is 21.7 Å². The summed E-state index contributed by atoms with van der Waals surface area (Å²) in [7, 11) is -2.17. The van der Waals surface area contributed by atoms with Gasteiger partial charge in [0.1, 0.15) is 9.21 Å². The minimum absolute atomic E-state index is 0.193. The maximum absolute atomic E-state index is 13.2. The number of fused-ring (bicyclic) bond motifs is 1. The third-order valence-corrected chi connectivity index (χ3v) is 11.1. The molecule has 2 aromatic rings. The summed E-state index contributed by atoms with van der Waals surface area (Å²) < 4.78 is 32.4. The van der Waals surface area contributed by atoms with Crippen LogP contribution in [0.2, 0.25) is 0 Å². The molecule has 4 heterocycles. The molecule has 1 amide bonds. The van der Waals surface area contributed by atoms with Crippen LogP contribution in [0.1, 0.15) is 61.3 Å². The summed E-state index contributed by atoms with van der Waals surface area (Å²) in [6.07, 6.45) is 1.49. The molecule has 2 N–H and O–H groups in total. The molecule has 0 saturated carbocycles. The highest BCUT2D eigenvalue weighted by molar-refractivity contribution is 7.91. The van der Waals surface area contributed by atoms with Crippen LogP contribution >= 0.6 is 22.7 Å². The van der Waals surface area contributed by atoms with Gasteiger partial charge in [0.2, 0.25) is 5.91 Å². The maximum atomic E-state index is 13.2. The minimum atomic E-state index is -3.52. The monoisotopic (exact) mass is 525 g/mol. The number of carbonyl (C=O) groups excluding carboxylic acids is 2. The summed E-state index contributed by atoms with van der Waals surface area (Å²) in [6, 6.07) is 3.32. The topological polar surface area (TPSA) is 105 Å². The van der Waals surface area contributed by atoms with Crippen molar-refractivity contribution in [3.05, 3.63) is 33.5 Å². The molecule has 1 fully saturated rings. The van der Waals surface area contributed by atoms with E-state index in [4.69, 9.17) is 4.74 Å². The fourth-order valence-electron chi connectivity index (χ4n) is 5.04. The van der Waals surface area contributed by atoms with Crippen molar-refractivity contribution < 1.29 is 22.7 Å². The highest BCUT2D eigenvalue weighted by atomic mass is 32.2. The fraction of sp³-hybridized carbons (Fsp3) is 0.565. The van der Waals surface area contributed by atoms with Gasteiger partial charge in [0.25, 0.3) is 10.0 Å².